The predicted molar refractivity (Wildman–Crippen MR) is 43.4 cm³/mol. The van der Waals surface area contributed by atoms with Crippen molar-refractivity contribution in [1.29, 1.82) is 0 Å². The Balaban J connectivity index is 1.90. The van der Waals surface area contributed by atoms with Crippen molar-refractivity contribution < 1.29 is 9.53 Å². The van der Waals surface area contributed by atoms with Gasteiger partial charge < -0.3 is 9.53 Å². The molecule has 1 rings (SSSR count). The molecule has 62 valence electrons. The van der Waals surface area contributed by atoms with Crippen molar-refractivity contribution >= 4 is 5.78 Å². The van der Waals surface area contributed by atoms with Gasteiger partial charge in [-0.1, -0.05) is 12.2 Å². The predicted octanol–water partition coefficient (Wildman–Crippen LogP) is 1.70. The van der Waals surface area contributed by atoms with Crippen LogP contribution in [0.15, 0.2) is 12.2 Å². The van der Waals surface area contributed by atoms with Gasteiger partial charge in [-0.25, -0.2) is 0 Å². The van der Waals surface area contributed by atoms with Gasteiger partial charge in [0.25, 0.3) is 0 Å². The minimum atomic E-state index is 0.279. The van der Waals surface area contributed by atoms with Crippen LogP contribution in [0.4, 0.5) is 0 Å². The number of unbranched alkanes of at least 4 members (excludes halogenated alkanes) is 1. The maximum atomic E-state index is 10.5. The fraction of sp³-hybridized carbons (Fsp3) is 0.667. The van der Waals surface area contributed by atoms with Crippen LogP contribution < -0.4 is 0 Å². The highest BCUT2D eigenvalue weighted by atomic mass is 16.6. The number of carbonyl (C=O) groups excluding carboxylic acids is 1. The zero-order chi connectivity index (χ0) is 8.10. The van der Waals surface area contributed by atoms with Crippen LogP contribution in [0, 0.1) is 0 Å². The number of ketones is 1. The lowest BCUT2D eigenvalue weighted by molar-refractivity contribution is -0.117. The molecule has 1 aliphatic heterocycles. The lowest BCUT2D eigenvalue weighted by Gasteiger charge is -1.89. The number of epoxide rings is 1. The van der Waals surface area contributed by atoms with Gasteiger partial charge >= 0.3 is 0 Å². The Morgan fingerprint density at radius 1 is 1.73 bits per heavy atom. The minimum absolute atomic E-state index is 0.279. The van der Waals surface area contributed by atoms with Crippen LogP contribution in [0.3, 0.4) is 0 Å². The Labute approximate surface area is 67.2 Å². The first kappa shape index (κ1) is 8.47. The molecule has 0 amide bonds. The fourth-order valence-electron chi connectivity index (χ4n) is 0.884. The van der Waals surface area contributed by atoms with Gasteiger partial charge in [0.15, 0.2) is 0 Å². The van der Waals surface area contributed by atoms with Gasteiger partial charge in [0.2, 0.25) is 0 Å². The zero-order valence-electron chi connectivity index (χ0n) is 6.88. The normalized spacial score (nSPS) is 22.5. The summed E-state index contributed by atoms with van der Waals surface area (Å²) in [5, 5.41) is 0. The highest BCUT2D eigenvalue weighted by molar-refractivity contribution is 5.75. The van der Waals surface area contributed by atoms with E-state index < -0.39 is 0 Å². The van der Waals surface area contributed by atoms with Gasteiger partial charge in [-0.05, 0) is 19.8 Å². The Kier molecular flexibility index (Phi) is 3.30. The number of allylic oxidation sites excluding steroid dienone is 1. The summed E-state index contributed by atoms with van der Waals surface area (Å²) in [6.07, 6.45) is 7.22. The molecule has 1 saturated heterocycles. The second-order valence-corrected chi connectivity index (χ2v) is 2.89. The smallest absolute Gasteiger partial charge is 0.129 e. The van der Waals surface area contributed by atoms with Crippen LogP contribution >= 0.6 is 0 Å². The van der Waals surface area contributed by atoms with E-state index >= 15 is 0 Å². The van der Waals surface area contributed by atoms with Crippen molar-refractivity contribution in [2.75, 3.05) is 6.61 Å². The maximum absolute atomic E-state index is 10.5. The van der Waals surface area contributed by atoms with Gasteiger partial charge in [-0.2, -0.15) is 0 Å². The second kappa shape index (κ2) is 4.29. The molecular formula is C9H14O2. The first-order chi connectivity index (χ1) is 5.29. The van der Waals surface area contributed by atoms with E-state index in [2.05, 4.69) is 12.2 Å². The summed E-state index contributed by atoms with van der Waals surface area (Å²) in [6.45, 7) is 2.51. The van der Waals surface area contributed by atoms with Crippen molar-refractivity contribution in [3.05, 3.63) is 12.2 Å². The van der Waals surface area contributed by atoms with Gasteiger partial charge in [-0.15, -0.1) is 0 Å². The molecule has 1 heterocycles. The topological polar surface area (TPSA) is 29.6 Å². The van der Waals surface area contributed by atoms with Crippen LogP contribution in [0.25, 0.3) is 0 Å². The van der Waals surface area contributed by atoms with E-state index in [-0.39, 0.29) is 5.78 Å². The van der Waals surface area contributed by atoms with E-state index in [1.807, 2.05) is 0 Å². The third kappa shape index (κ3) is 4.73. The fourth-order valence-corrected chi connectivity index (χ4v) is 0.884. The van der Waals surface area contributed by atoms with Crippen LogP contribution in [0.5, 0.6) is 0 Å². The van der Waals surface area contributed by atoms with Crippen molar-refractivity contribution in [1.82, 2.24) is 0 Å². The number of rotatable bonds is 5. The summed E-state index contributed by atoms with van der Waals surface area (Å²) >= 11 is 0. The molecule has 0 saturated carbocycles. The van der Waals surface area contributed by atoms with Gasteiger partial charge in [0.1, 0.15) is 5.78 Å². The molecule has 0 N–H and O–H groups in total. The Hall–Kier alpha value is -0.630. The molecular weight excluding hydrogens is 140 g/mol. The highest BCUT2D eigenvalue weighted by Gasteiger charge is 2.17. The largest absolute Gasteiger partial charge is 0.369 e. The van der Waals surface area contributed by atoms with Crippen LogP contribution in [0.2, 0.25) is 0 Å². The van der Waals surface area contributed by atoms with Crippen molar-refractivity contribution in [2.24, 2.45) is 0 Å². The molecule has 2 heteroatoms. The SMILES string of the molecule is CC(=O)CCC/C=C\[C@H]1CO1. The molecule has 0 spiro atoms. The van der Waals surface area contributed by atoms with Gasteiger partial charge in [0.05, 0.1) is 12.7 Å². The third-order valence-electron chi connectivity index (χ3n) is 1.61. The molecule has 1 fully saturated rings. The molecule has 0 aliphatic carbocycles. The highest BCUT2D eigenvalue weighted by Crippen LogP contribution is 2.10. The summed E-state index contributed by atoms with van der Waals surface area (Å²) in [7, 11) is 0. The first-order valence-corrected chi connectivity index (χ1v) is 4.07. The molecule has 0 radical (unpaired) electrons. The van der Waals surface area contributed by atoms with Gasteiger partial charge in [-0.3, -0.25) is 0 Å². The van der Waals surface area contributed by atoms with Crippen molar-refractivity contribution in [2.45, 2.75) is 32.3 Å². The molecule has 0 aromatic heterocycles. The quantitative estimate of drug-likeness (QED) is 0.342. The summed E-state index contributed by atoms with van der Waals surface area (Å²) < 4.78 is 4.98. The summed E-state index contributed by atoms with van der Waals surface area (Å²) in [5.41, 5.74) is 0. The number of carbonyl (C=O) groups is 1. The number of Topliss-reactive ketones (excluding diaryl/α,β-unsaturated/α-hetero) is 1. The molecule has 0 aromatic rings. The van der Waals surface area contributed by atoms with E-state index in [9.17, 15) is 4.79 Å². The number of hydrogen-bond donors (Lipinski definition) is 0. The number of ether oxygens (including phenoxy) is 1. The lowest BCUT2D eigenvalue weighted by atomic mass is 10.2. The molecule has 0 unspecified atom stereocenters. The van der Waals surface area contributed by atoms with Crippen LogP contribution in [-0.2, 0) is 9.53 Å². The minimum Gasteiger partial charge on any atom is -0.369 e. The Morgan fingerprint density at radius 3 is 3.00 bits per heavy atom. The van der Waals surface area contributed by atoms with E-state index in [0.717, 1.165) is 19.4 Å². The molecule has 1 atom stereocenters. The van der Waals surface area contributed by atoms with E-state index in [4.69, 9.17) is 4.74 Å². The molecule has 1 aliphatic rings. The zero-order valence-corrected chi connectivity index (χ0v) is 6.88. The summed E-state index contributed by atoms with van der Waals surface area (Å²) in [5.74, 6) is 0.279. The van der Waals surface area contributed by atoms with Crippen molar-refractivity contribution in [3.8, 4) is 0 Å². The molecule has 0 aromatic carbocycles. The van der Waals surface area contributed by atoms with E-state index in [1.54, 1.807) is 6.92 Å². The molecule has 0 bridgehead atoms. The van der Waals surface area contributed by atoms with Crippen LogP contribution in [-0.4, -0.2) is 18.5 Å². The van der Waals surface area contributed by atoms with Crippen LogP contribution in [0.1, 0.15) is 26.2 Å². The average molecular weight is 154 g/mol. The Morgan fingerprint density at radius 2 is 2.45 bits per heavy atom. The van der Waals surface area contributed by atoms with Gasteiger partial charge in [0, 0.05) is 6.42 Å². The number of hydrogen-bond acceptors (Lipinski definition) is 2. The lowest BCUT2D eigenvalue weighted by Crippen LogP contribution is -1.87. The van der Waals surface area contributed by atoms with E-state index in [0.29, 0.717) is 12.5 Å². The third-order valence-corrected chi connectivity index (χ3v) is 1.61. The second-order valence-electron chi connectivity index (χ2n) is 2.89. The Bertz CT molecular complexity index is 157. The summed E-state index contributed by atoms with van der Waals surface area (Å²) in [4.78, 5) is 10.5. The maximum Gasteiger partial charge on any atom is 0.129 e. The first-order valence-electron chi connectivity index (χ1n) is 4.07. The van der Waals surface area contributed by atoms with Crippen molar-refractivity contribution in [3.63, 3.8) is 0 Å². The molecule has 2 nitrogen and oxygen atoms in total. The summed E-state index contributed by atoms with van der Waals surface area (Å²) in [6, 6.07) is 0. The molecule has 11 heavy (non-hydrogen) atoms. The average Bonchev–Trinajstić information content (AvgIpc) is 2.70. The van der Waals surface area contributed by atoms with E-state index in [1.165, 1.54) is 0 Å². The monoisotopic (exact) mass is 154 g/mol. The standard InChI is InChI=1S/C9H14O2/c1-8(10)5-3-2-4-6-9-7-11-9/h4,6,9H,2-3,5,7H2,1H3/b6-4-/t9-/m0/s1.